The normalized spacial score (nSPS) is 8.67. The molecule has 0 atom stereocenters. The summed E-state index contributed by atoms with van der Waals surface area (Å²) in [5.41, 5.74) is 0. The molecule has 1 nitrogen and oxygen atoms in total. The van der Waals surface area contributed by atoms with E-state index in [4.69, 9.17) is 0 Å². The van der Waals surface area contributed by atoms with Crippen molar-refractivity contribution in [2.75, 3.05) is 0 Å². The van der Waals surface area contributed by atoms with Crippen molar-refractivity contribution in [1.82, 2.24) is 4.98 Å². The minimum absolute atomic E-state index is 1.09. The predicted octanol–water partition coefficient (Wildman–Crippen LogP) is 0.187. The van der Waals surface area contributed by atoms with Gasteiger partial charge in [-0.1, -0.05) is 0 Å². The Balaban J connectivity index is 3.05. The van der Waals surface area contributed by atoms with E-state index in [2.05, 4.69) is 21.3 Å². The zero-order valence-electron chi connectivity index (χ0n) is 3.14. The molecule has 1 heterocycles. The van der Waals surface area contributed by atoms with E-state index < -0.39 is 0 Å². The summed E-state index contributed by atoms with van der Waals surface area (Å²) in [7, 11) is 0. The molecule has 0 bridgehead atoms. The fourth-order valence-electron chi connectivity index (χ4n) is 0.314. The van der Waals surface area contributed by atoms with Crippen LogP contribution in [0.3, 0.4) is 0 Å². The minimum atomic E-state index is 1.09. The van der Waals surface area contributed by atoms with Crippen LogP contribution in [0.15, 0.2) is 18.3 Å². The van der Waals surface area contributed by atoms with Crippen LogP contribution in [0.4, 0.5) is 0 Å². The summed E-state index contributed by atoms with van der Waals surface area (Å²) in [6.45, 7) is 0. The van der Waals surface area contributed by atoms with Crippen LogP contribution in [0.2, 0.25) is 0 Å². The van der Waals surface area contributed by atoms with E-state index in [1.54, 1.807) is 0 Å². The molecule has 0 aliphatic rings. The van der Waals surface area contributed by atoms with Crippen LogP contribution in [0.1, 0.15) is 0 Å². The Morgan fingerprint density at radius 2 is 2.50 bits per heavy atom. The average Bonchev–Trinajstić information content (AvgIpc) is 1.86. The third-order valence-electron chi connectivity index (χ3n) is 0.569. The standard InChI is InChI=1S/C4H4N.Cr/c1-2-4-5-3-1;/h1-3,5H;. The van der Waals surface area contributed by atoms with Crippen molar-refractivity contribution >= 4 is 4.56 Å². The second-order valence-electron chi connectivity index (χ2n) is 1.03. The molecule has 1 aromatic heterocycles. The summed E-state index contributed by atoms with van der Waals surface area (Å²) in [4.78, 5) is 2.94. The van der Waals surface area contributed by atoms with E-state index in [0.717, 1.165) is 4.56 Å². The quantitative estimate of drug-likeness (QED) is 0.500. The molecule has 0 unspecified atom stereocenters. The molecule has 0 fully saturated rings. The third-order valence-corrected chi connectivity index (χ3v) is 0.966. The van der Waals surface area contributed by atoms with E-state index in [-0.39, 0.29) is 0 Å². The zero-order valence-corrected chi connectivity index (χ0v) is 4.42. The van der Waals surface area contributed by atoms with E-state index in [9.17, 15) is 0 Å². The maximum absolute atomic E-state index is 2.94. The van der Waals surface area contributed by atoms with Gasteiger partial charge in [-0.2, -0.15) is 0 Å². The first-order valence-corrected chi connectivity index (χ1v) is 2.34. The molecule has 0 amide bonds. The molecule has 1 aromatic rings. The summed E-state index contributed by atoms with van der Waals surface area (Å²) in [6, 6.07) is 3.92. The van der Waals surface area contributed by atoms with Crippen molar-refractivity contribution in [3.8, 4) is 0 Å². The first-order valence-electron chi connectivity index (χ1n) is 1.70. The van der Waals surface area contributed by atoms with Crippen LogP contribution < -0.4 is 4.56 Å². The van der Waals surface area contributed by atoms with E-state index >= 15 is 0 Å². The Labute approximate surface area is 44.8 Å². The van der Waals surface area contributed by atoms with Gasteiger partial charge < -0.3 is 0 Å². The summed E-state index contributed by atoms with van der Waals surface area (Å²) < 4.78 is 1.09. The number of H-pyrrole nitrogens is 1. The van der Waals surface area contributed by atoms with Crippen molar-refractivity contribution < 1.29 is 16.3 Å². The summed E-state index contributed by atoms with van der Waals surface area (Å²) >= 11 is 2.83. The van der Waals surface area contributed by atoms with Crippen molar-refractivity contribution in [3.05, 3.63) is 18.3 Å². The number of nitrogens with one attached hydrogen (secondary N) is 1. The molecule has 1 rings (SSSR count). The Bertz CT molecular complexity index is 111. The maximum atomic E-state index is 2.94. The second kappa shape index (κ2) is 1.51. The van der Waals surface area contributed by atoms with E-state index in [0.29, 0.717) is 0 Å². The molecular weight excluding hydrogens is 114 g/mol. The molecule has 0 saturated heterocycles. The third kappa shape index (κ3) is 0.650. The molecule has 0 spiro atoms. The summed E-state index contributed by atoms with van der Waals surface area (Å²) in [6.07, 6.45) is 1.88. The number of hydrogen-bond acceptors (Lipinski definition) is 0. The van der Waals surface area contributed by atoms with Gasteiger partial charge in [-0.15, -0.1) is 0 Å². The molecule has 6 heavy (non-hydrogen) atoms. The zero-order chi connectivity index (χ0) is 4.41. The topological polar surface area (TPSA) is 15.8 Å². The van der Waals surface area contributed by atoms with Gasteiger partial charge in [0.05, 0.1) is 0 Å². The van der Waals surface area contributed by atoms with Gasteiger partial charge in [0.25, 0.3) is 0 Å². The van der Waals surface area contributed by atoms with Crippen molar-refractivity contribution in [1.29, 1.82) is 0 Å². The molecule has 0 aliphatic carbocycles. The van der Waals surface area contributed by atoms with Gasteiger partial charge in [-0.05, 0) is 0 Å². The van der Waals surface area contributed by atoms with Crippen LogP contribution in [-0.4, -0.2) is 4.98 Å². The van der Waals surface area contributed by atoms with E-state index in [1.807, 2.05) is 18.3 Å². The summed E-state index contributed by atoms with van der Waals surface area (Å²) in [5.74, 6) is 0. The molecule has 31 valence electrons. The van der Waals surface area contributed by atoms with Crippen molar-refractivity contribution in [2.24, 2.45) is 0 Å². The Morgan fingerprint density at radius 3 is 2.67 bits per heavy atom. The van der Waals surface area contributed by atoms with Gasteiger partial charge >= 0.3 is 44.2 Å². The van der Waals surface area contributed by atoms with Crippen molar-refractivity contribution in [3.63, 3.8) is 0 Å². The van der Waals surface area contributed by atoms with Gasteiger partial charge in [0.15, 0.2) is 0 Å². The Morgan fingerprint density at radius 1 is 1.67 bits per heavy atom. The molecule has 0 aliphatic heterocycles. The van der Waals surface area contributed by atoms with Gasteiger partial charge in [0, 0.05) is 0 Å². The van der Waals surface area contributed by atoms with Crippen LogP contribution in [0.25, 0.3) is 0 Å². The Hall–Kier alpha value is -0.188. The molecular formula is C4H4CrN. The molecule has 0 radical (unpaired) electrons. The number of aromatic amines is 1. The van der Waals surface area contributed by atoms with Crippen LogP contribution in [0.5, 0.6) is 0 Å². The average molecular weight is 118 g/mol. The van der Waals surface area contributed by atoms with Gasteiger partial charge in [-0.25, -0.2) is 0 Å². The van der Waals surface area contributed by atoms with Gasteiger partial charge in [-0.3, -0.25) is 0 Å². The second-order valence-corrected chi connectivity index (χ2v) is 1.72. The fourth-order valence-corrected chi connectivity index (χ4v) is 0.543. The van der Waals surface area contributed by atoms with Crippen LogP contribution in [0, 0.1) is 0 Å². The molecule has 1 N–H and O–H groups in total. The monoisotopic (exact) mass is 118 g/mol. The first kappa shape index (κ1) is 3.98. The SMILES string of the molecule is [Cr][c]1ccc[nH]1. The fraction of sp³-hybridized carbons (Fsp3) is 0. The van der Waals surface area contributed by atoms with Crippen LogP contribution >= 0.6 is 0 Å². The molecule has 0 aromatic carbocycles. The predicted molar refractivity (Wildman–Crippen MR) is 20.4 cm³/mol. The van der Waals surface area contributed by atoms with Gasteiger partial charge in [0.1, 0.15) is 0 Å². The summed E-state index contributed by atoms with van der Waals surface area (Å²) in [5, 5.41) is 0. The van der Waals surface area contributed by atoms with Crippen molar-refractivity contribution in [2.45, 2.75) is 0 Å². The number of aromatic nitrogens is 1. The number of rotatable bonds is 0. The first-order chi connectivity index (χ1) is 2.89. The Kier molecular flexibility index (Phi) is 1.00. The van der Waals surface area contributed by atoms with Gasteiger partial charge in [0.2, 0.25) is 0 Å². The number of hydrogen-bond donors (Lipinski definition) is 1. The van der Waals surface area contributed by atoms with Crippen LogP contribution in [-0.2, 0) is 16.3 Å². The molecule has 2 heteroatoms. The van der Waals surface area contributed by atoms with E-state index in [1.165, 1.54) is 0 Å². The molecule has 0 saturated carbocycles.